The van der Waals surface area contributed by atoms with Crippen LogP contribution in [0.2, 0.25) is 5.02 Å². The third kappa shape index (κ3) is 4.21. The molecule has 2 aliphatic heterocycles. The van der Waals surface area contributed by atoms with Gasteiger partial charge in [0.05, 0.1) is 46.9 Å². The Bertz CT molecular complexity index is 992. The molecule has 4 rings (SSSR count). The molecule has 0 atom stereocenters. The molecule has 8 heteroatoms. The van der Waals surface area contributed by atoms with Gasteiger partial charge in [-0.3, -0.25) is 14.6 Å². The predicted molar refractivity (Wildman–Crippen MR) is 120 cm³/mol. The van der Waals surface area contributed by atoms with Crippen molar-refractivity contribution >= 4 is 34.8 Å². The van der Waals surface area contributed by atoms with Gasteiger partial charge in [0.15, 0.2) is 11.5 Å². The molecule has 2 aromatic carbocycles. The summed E-state index contributed by atoms with van der Waals surface area (Å²) >= 11 is 6.26. The van der Waals surface area contributed by atoms with Crippen LogP contribution < -0.4 is 19.1 Å². The minimum Gasteiger partial charge on any atom is -0.493 e. The van der Waals surface area contributed by atoms with Crippen LogP contribution in [0.4, 0.5) is 5.69 Å². The van der Waals surface area contributed by atoms with Gasteiger partial charge in [0.25, 0.3) is 5.91 Å². The number of carbonyl (C=O) groups is 1. The molecular weight excluding hydrogens is 420 g/mol. The molecule has 164 valence electrons. The molecule has 31 heavy (non-hydrogen) atoms. The topological polar surface area (TPSA) is 60.5 Å². The molecule has 0 spiro atoms. The average molecular weight is 445 g/mol. The molecule has 1 fully saturated rings. The van der Waals surface area contributed by atoms with E-state index in [1.54, 1.807) is 32.3 Å². The Hall–Kier alpha value is -2.74. The standard InChI is InChI=1S/C23H25ClN2O5/c1-28-20-11-15(12-21(29-2)22(20)30-3)10-18-17-5-4-16(24)13-19(17)26(23(18)27)14-25-6-8-31-9-7-25/h4-5,10-13H,6-9,14H2,1-3H3. The predicted octanol–water partition coefficient (Wildman–Crippen LogP) is 3.54. The summed E-state index contributed by atoms with van der Waals surface area (Å²) in [6, 6.07) is 9.17. The van der Waals surface area contributed by atoms with Gasteiger partial charge in [-0.1, -0.05) is 17.7 Å². The number of methoxy groups -OCH3 is 3. The summed E-state index contributed by atoms with van der Waals surface area (Å²) in [7, 11) is 4.69. The third-order valence-corrected chi connectivity index (χ3v) is 5.69. The zero-order chi connectivity index (χ0) is 22.0. The van der Waals surface area contributed by atoms with Crippen molar-refractivity contribution in [2.45, 2.75) is 0 Å². The van der Waals surface area contributed by atoms with E-state index in [0.717, 1.165) is 29.9 Å². The lowest BCUT2D eigenvalue weighted by Crippen LogP contribution is -2.45. The second-order valence-corrected chi connectivity index (χ2v) is 7.72. The summed E-state index contributed by atoms with van der Waals surface area (Å²) in [5.41, 5.74) is 3.01. The van der Waals surface area contributed by atoms with Crippen molar-refractivity contribution in [3.63, 3.8) is 0 Å². The fourth-order valence-corrected chi connectivity index (χ4v) is 4.07. The van der Waals surface area contributed by atoms with Crippen LogP contribution in [-0.4, -0.2) is 65.1 Å². The van der Waals surface area contributed by atoms with E-state index in [1.165, 1.54) is 0 Å². The Morgan fingerprint density at radius 3 is 2.32 bits per heavy atom. The highest BCUT2D eigenvalue weighted by Crippen LogP contribution is 2.42. The Morgan fingerprint density at radius 1 is 1.03 bits per heavy atom. The van der Waals surface area contributed by atoms with E-state index >= 15 is 0 Å². The maximum atomic E-state index is 13.5. The smallest absolute Gasteiger partial charge is 0.260 e. The summed E-state index contributed by atoms with van der Waals surface area (Å²) in [5.74, 6) is 1.49. The Balaban J connectivity index is 1.75. The molecule has 2 aliphatic rings. The Morgan fingerprint density at radius 2 is 1.71 bits per heavy atom. The molecule has 7 nitrogen and oxygen atoms in total. The molecule has 0 bridgehead atoms. The van der Waals surface area contributed by atoms with Gasteiger partial charge in [-0.25, -0.2) is 0 Å². The van der Waals surface area contributed by atoms with E-state index in [0.29, 0.717) is 47.7 Å². The van der Waals surface area contributed by atoms with Gasteiger partial charge in [-0.05, 0) is 35.9 Å². The molecule has 0 unspecified atom stereocenters. The van der Waals surface area contributed by atoms with Gasteiger partial charge < -0.3 is 18.9 Å². The van der Waals surface area contributed by atoms with Crippen molar-refractivity contribution in [1.82, 2.24) is 4.90 Å². The molecule has 1 amide bonds. The van der Waals surface area contributed by atoms with Gasteiger partial charge >= 0.3 is 0 Å². The number of ether oxygens (including phenoxy) is 4. The molecule has 0 aromatic heterocycles. The highest BCUT2D eigenvalue weighted by Gasteiger charge is 2.34. The summed E-state index contributed by atoms with van der Waals surface area (Å²) in [4.78, 5) is 17.4. The second kappa shape index (κ2) is 9.18. The van der Waals surface area contributed by atoms with E-state index in [4.69, 9.17) is 30.5 Å². The second-order valence-electron chi connectivity index (χ2n) is 7.28. The van der Waals surface area contributed by atoms with E-state index in [1.807, 2.05) is 30.3 Å². The van der Waals surface area contributed by atoms with Crippen LogP contribution in [0.5, 0.6) is 17.2 Å². The maximum Gasteiger partial charge on any atom is 0.260 e. The van der Waals surface area contributed by atoms with Crippen LogP contribution in [0.25, 0.3) is 11.6 Å². The first-order chi connectivity index (χ1) is 15.0. The van der Waals surface area contributed by atoms with E-state index < -0.39 is 0 Å². The van der Waals surface area contributed by atoms with Gasteiger partial charge in [0, 0.05) is 29.2 Å². The molecule has 2 aromatic rings. The number of fused-ring (bicyclic) bond motifs is 1. The number of rotatable bonds is 6. The lowest BCUT2D eigenvalue weighted by atomic mass is 10.0. The van der Waals surface area contributed by atoms with Gasteiger partial charge in [-0.2, -0.15) is 0 Å². The molecule has 0 aliphatic carbocycles. The lowest BCUT2D eigenvalue weighted by Gasteiger charge is -2.30. The third-order valence-electron chi connectivity index (χ3n) is 5.46. The summed E-state index contributed by atoms with van der Waals surface area (Å²) in [5, 5.41) is 0.590. The minimum atomic E-state index is -0.0717. The first-order valence-corrected chi connectivity index (χ1v) is 10.4. The van der Waals surface area contributed by atoms with Crippen LogP contribution >= 0.6 is 11.6 Å². The number of amides is 1. The fraction of sp³-hybridized carbons (Fsp3) is 0.348. The molecule has 0 N–H and O–H groups in total. The highest BCUT2D eigenvalue weighted by atomic mass is 35.5. The van der Waals surface area contributed by atoms with Gasteiger partial charge in [-0.15, -0.1) is 0 Å². The molecule has 1 saturated heterocycles. The van der Waals surface area contributed by atoms with E-state index in [9.17, 15) is 4.79 Å². The Labute approximate surface area is 186 Å². The van der Waals surface area contributed by atoms with Gasteiger partial charge in [0.2, 0.25) is 5.75 Å². The quantitative estimate of drug-likeness (QED) is 0.635. The Kier molecular flexibility index (Phi) is 6.36. The first kappa shape index (κ1) is 21.5. The van der Waals surface area contributed by atoms with Crippen molar-refractivity contribution in [1.29, 1.82) is 0 Å². The maximum absolute atomic E-state index is 13.5. The number of morpholine rings is 1. The SMILES string of the molecule is COc1cc(C=C2C(=O)N(CN3CCOCC3)c3cc(Cl)ccc32)cc(OC)c1OC. The van der Waals surface area contributed by atoms with E-state index in [-0.39, 0.29) is 5.91 Å². The van der Waals surface area contributed by atoms with E-state index in [2.05, 4.69) is 4.90 Å². The van der Waals surface area contributed by atoms with Crippen molar-refractivity contribution in [3.8, 4) is 17.2 Å². The normalized spacial score (nSPS) is 17.7. The zero-order valence-electron chi connectivity index (χ0n) is 17.8. The van der Waals surface area contributed by atoms with Crippen LogP contribution in [0.3, 0.4) is 0 Å². The number of carbonyl (C=O) groups excluding carboxylic acids is 1. The van der Waals surface area contributed by atoms with Crippen LogP contribution in [0.1, 0.15) is 11.1 Å². The number of hydrogen-bond donors (Lipinski definition) is 0. The summed E-state index contributed by atoms with van der Waals surface area (Å²) in [6.45, 7) is 3.39. The monoisotopic (exact) mass is 444 g/mol. The number of nitrogens with zero attached hydrogens (tertiary/aromatic N) is 2. The number of benzene rings is 2. The largest absolute Gasteiger partial charge is 0.493 e. The van der Waals surface area contributed by atoms with Crippen molar-refractivity contribution in [2.75, 3.05) is 59.2 Å². The zero-order valence-corrected chi connectivity index (χ0v) is 18.6. The first-order valence-electron chi connectivity index (χ1n) is 9.99. The fourth-order valence-electron chi connectivity index (χ4n) is 3.90. The van der Waals surface area contributed by atoms with Crippen LogP contribution in [-0.2, 0) is 9.53 Å². The minimum absolute atomic E-state index is 0.0717. The van der Waals surface area contributed by atoms with Crippen molar-refractivity contribution < 1.29 is 23.7 Å². The van der Waals surface area contributed by atoms with Crippen molar-refractivity contribution in [3.05, 3.63) is 46.5 Å². The summed E-state index contributed by atoms with van der Waals surface area (Å²) < 4.78 is 21.7. The lowest BCUT2D eigenvalue weighted by molar-refractivity contribution is -0.113. The average Bonchev–Trinajstić information content (AvgIpc) is 3.04. The van der Waals surface area contributed by atoms with Crippen molar-refractivity contribution in [2.24, 2.45) is 0 Å². The number of halogens is 1. The molecule has 2 heterocycles. The van der Waals surface area contributed by atoms with Crippen LogP contribution in [0.15, 0.2) is 30.3 Å². The number of anilines is 1. The highest BCUT2D eigenvalue weighted by molar-refractivity contribution is 6.37. The summed E-state index contributed by atoms with van der Waals surface area (Å²) in [6.07, 6.45) is 1.85. The van der Waals surface area contributed by atoms with Gasteiger partial charge in [0.1, 0.15) is 0 Å². The number of hydrogen-bond acceptors (Lipinski definition) is 6. The molecular formula is C23H25ClN2O5. The molecule has 0 saturated carbocycles. The molecule has 0 radical (unpaired) electrons. The van der Waals surface area contributed by atoms with Crippen LogP contribution in [0, 0.1) is 0 Å².